The molecule has 5 heterocycles. The summed E-state index contributed by atoms with van der Waals surface area (Å²) in [6.45, 7) is 0.0506. The maximum Gasteiger partial charge on any atom is 0.185 e. The summed E-state index contributed by atoms with van der Waals surface area (Å²) >= 11 is 0. The van der Waals surface area contributed by atoms with Crippen molar-refractivity contribution in [2.45, 2.75) is 24.5 Å². The van der Waals surface area contributed by atoms with Crippen molar-refractivity contribution < 1.29 is 19.7 Å². The molecule has 4 aromatic heterocycles. The maximum atomic E-state index is 10.5. The topological polar surface area (TPSA) is 209 Å². The van der Waals surface area contributed by atoms with E-state index in [2.05, 4.69) is 46.7 Å². The van der Waals surface area contributed by atoms with Crippen molar-refractivity contribution in [3.05, 3.63) is 24.8 Å². The smallest absolute Gasteiger partial charge is 0.185 e. The molecule has 1 saturated heterocycles. The van der Waals surface area contributed by atoms with Crippen LogP contribution >= 0.6 is 0 Å². The Morgan fingerprint density at radius 1 is 1.09 bits per heavy atom. The van der Waals surface area contributed by atoms with Crippen LogP contribution in [0.3, 0.4) is 0 Å². The summed E-state index contributed by atoms with van der Waals surface area (Å²) in [5.41, 5.74) is 13.2. The van der Waals surface area contributed by atoms with Crippen molar-refractivity contribution in [3.63, 3.8) is 0 Å². The van der Waals surface area contributed by atoms with Gasteiger partial charge < -0.3 is 36.1 Å². The van der Waals surface area contributed by atoms with Gasteiger partial charge in [0.05, 0.1) is 12.9 Å². The number of nitrogen functional groups attached to an aromatic ring is 2. The molecule has 1 fully saturated rings. The van der Waals surface area contributed by atoms with Gasteiger partial charge in [0.1, 0.15) is 48.6 Å². The standard InChI is InChI=1S/C18H18N10O4/c19-14-10-16(23-5-21-14)27-9(26-10)2-1-3-31-4-8-12(29)13(30)18(32-8)28-7-25-11-15(20)22-6-24-17(11)28/h5-8,12-13,18,29-30H,3-4H2,(H2,20,22,24)(H3,19,21,23,26,27)/t8-,12-,13-,18-/m1/s1. The second kappa shape index (κ2) is 7.98. The Morgan fingerprint density at radius 3 is 2.75 bits per heavy atom. The highest BCUT2D eigenvalue weighted by atomic mass is 16.6. The molecule has 1 aliphatic heterocycles. The number of hydrogen-bond donors (Lipinski definition) is 5. The number of anilines is 2. The Labute approximate surface area is 179 Å². The number of fused-ring (bicyclic) bond motifs is 2. The molecule has 32 heavy (non-hydrogen) atoms. The summed E-state index contributed by atoms with van der Waals surface area (Å²) in [6, 6.07) is 0. The second-order valence-corrected chi connectivity index (χ2v) is 6.99. The van der Waals surface area contributed by atoms with Crippen LogP contribution in [0.4, 0.5) is 11.6 Å². The third-order valence-corrected chi connectivity index (χ3v) is 4.98. The van der Waals surface area contributed by atoms with Gasteiger partial charge in [-0.15, -0.1) is 0 Å². The number of aliphatic hydroxyl groups is 2. The molecule has 0 spiro atoms. The molecule has 4 aromatic rings. The van der Waals surface area contributed by atoms with Crippen molar-refractivity contribution in [1.82, 2.24) is 39.5 Å². The molecule has 164 valence electrons. The van der Waals surface area contributed by atoms with Gasteiger partial charge in [0.2, 0.25) is 0 Å². The van der Waals surface area contributed by atoms with Gasteiger partial charge in [-0.05, 0) is 5.92 Å². The second-order valence-electron chi connectivity index (χ2n) is 6.99. The van der Waals surface area contributed by atoms with Crippen molar-refractivity contribution in [2.75, 3.05) is 24.7 Å². The Hall–Kier alpha value is -3.90. The van der Waals surface area contributed by atoms with Crippen molar-refractivity contribution >= 4 is 34.0 Å². The van der Waals surface area contributed by atoms with E-state index in [4.69, 9.17) is 20.9 Å². The first-order chi connectivity index (χ1) is 15.5. The van der Waals surface area contributed by atoms with E-state index in [-0.39, 0.29) is 24.8 Å². The molecule has 0 aromatic carbocycles. The van der Waals surface area contributed by atoms with Crippen molar-refractivity contribution in [2.24, 2.45) is 0 Å². The normalized spacial score (nSPS) is 22.9. The lowest BCUT2D eigenvalue weighted by Gasteiger charge is -2.16. The molecular formula is C18H18N10O4. The average molecular weight is 438 g/mol. The van der Waals surface area contributed by atoms with Gasteiger partial charge in [-0.2, -0.15) is 0 Å². The van der Waals surface area contributed by atoms with Crippen LogP contribution in [-0.2, 0) is 9.47 Å². The van der Waals surface area contributed by atoms with E-state index >= 15 is 0 Å². The third-order valence-electron chi connectivity index (χ3n) is 4.98. The fraction of sp³-hybridized carbons (Fsp3) is 0.333. The Bertz CT molecular complexity index is 1340. The molecule has 14 heteroatoms. The summed E-state index contributed by atoms with van der Waals surface area (Å²) in [5, 5.41) is 20.8. The van der Waals surface area contributed by atoms with Crippen LogP contribution in [0.25, 0.3) is 22.3 Å². The molecule has 0 radical (unpaired) electrons. The van der Waals surface area contributed by atoms with Crippen LogP contribution in [0.5, 0.6) is 0 Å². The minimum atomic E-state index is -1.22. The van der Waals surface area contributed by atoms with E-state index in [1.165, 1.54) is 23.5 Å². The zero-order valence-electron chi connectivity index (χ0n) is 16.5. The quantitative estimate of drug-likeness (QED) is 0.179. The Morgan fingerprint density at radius 2 is 1.91 bits per heavy atom. The zero-order valence-corrected chi connectivity index (χ0v) is 16.5. The number of aromatic amines is 1. The van der Waals surface area contributed by atoms with Gasteiger partial charge in [0, 0.05) is 0 Å². The number of ether oxygens (including phenoxy) is 2. The monoisotopic (exact) mass is 438 g/mol. The average Bonchev–Trinajstić information content (AvgIpc) is 3.47. The SMILES string of the molecule is Nc1ncnc2c1ncn2[C@@H]1O[C@H](COCC#Cc2nc3ncnc(N)c3[nH]2)[C@@H](O)[C@H]1O. The van der Waals surface area contributed by atoms with E-state index in [9.17, 15) is 10.2 Å². The number of aromatic nitrogens is 8. The van der Waals surface area contributed by atoms with Crippen LogP contribution in [0.1, 0.15) is 12.1 Å². The number of aliphatic hydroxyl groups excluding tert-OH is 2. The lowest BCUT2D eigenvalue weighted by molar-refractivity contribution is -0.0615. The van der Waals surface area contributed by atoms with Gasteiger partial charge >= 0.3 is 0 Å². The summed E-state index contributed by atoms with van der Waals surface area (Å²) in [7, 11) is 0. The molecule has 0 amide bonds. The van der Waals surface area contributed by atoms with Gasteiger partial charge in [0.25, 0.3) is 0 Å². The molecule has 14 nitrogen and oxygen atoms in total. The largest absolute Gasteiger partial charge is 0.387 e. The molecule has 0 saturated carbocycles. The van der Waals surface area contributed by atoms with Crippen molar-refractivity contribution in [1.29, 1.82) is 0 Å². The van der Waals surface area contributed by atoms with Crippen LogP contribution in [0.15, 0.2) is 19.0 Å². The fourth-order valence-electron chi connectivity index (χ4n) is 3.40. The first-order valence-electron chi connectivity index (χ1n) is 9.50. The third kappa shape index (κ3) is 3.44. The lowest BCUT2D eigenvalue weighted by Crippen LogP contribution is -2.33. The number of nitrogens with two attached hydrogens (primary N) is 2. The highest BCUT2D eigenvalue weighted by Gasteiger charge is 2.44. The van der Waals surface area contributed by atoms with Gasteiger partial charge in [-0.25, -0.2) is 29.9 Å². The predicted molar refractivity (Wildman–Crippen MR) is 109 cm³/mol. The molecule has 0 aliphatic carbocycles. The number of nitrogens with one attached hydrogen (secondary N) is 1. The minimum absolute atomic E-state index is 0.00567. The van der Waals surface area contributed by atoms with Crippen LogP contribution < -0.4 is 11.5 Å². The Kier molecular flexibility index (Phi) is 4.99. The fourth-order valence-corrected chi connectivity index (χ4v) is 3.40. The summed E-state index contributed by atoms with van der Waals surface area (Å²) in [6.07, 6.45) is -0.0552. The van der Waals surface area contributed by atoms with E-state index in [1.807, 2.05) is 0 Å². The maximum absolute atomic E-state index is 10.5. The van der Waals surface area contributed by atoms with Crippen LogP contribution in [0.2, 0.25) is 0 Å². The molecule has 1 aliphatic rings. The number of H-pyrrole nitrogens is 1. The lowest BCUT2D eigenvalue weighted by atomic mass is 10.1. The van der Waals surface area contributed by atoms with E-state index < -0.39 is 24.5 Å². The predicted octanol–water partition coefficient (Wildman–Crippen LogP) is -1.66. The van der Waals surface area contributed by atoms with Gasteiger partial charge in [-0.1, -0.05) is 5.92 Å². The van der Waals surface area contributed by atoms with E-state index in [0.29, 0.717) is 28.2 Å². The highest BCUT2D eigenvalue weighted by molar-refractivity contribution is 5.82. The van der Waals surface area contributed by atoms with Crippen LogP contribution in [-0.4, -0.2) is 81.2 Å². The van der Waals surface area contributed by atoms with Gasteiger partial charge in [-0.3, -0.25) is 4.57 Å². The summed E-state index contributed by atoms with van der Waals surface area (Å²) < 4.78 is 12.8. The summed E-state index contributed by atoms with van der Waals surface area (Å²) in [5.74, 6) is 6.47. The molecule has 0 unspecified atom stereocenters. The number of hydrogen-bond acceptors (Lipinski definition) is 12. The minimum Gasteiger partial charge on any atom is -0.387 e. The first-order valence-corrected chi connectivity index (χ1v) is 9.50. The molecule has 4 atom stereocenters. The molecule has 5 rings (SSSR count). The number of imidazole rings is 2. The number of nitrogens with zero attached hydrogens (tertiary/aromatic N) is 7. The van der Waals surface area contributed by atoms with Crippen LogP contribution in [0, 0.1) is 11.8 Å². The Balaban J connectivity index is 1.21. The van der Waals surface area contributed by atoms with Gasteiger partial charge in [0.15, 0.2) is 35.0 Å². The van der Waals surface area contributed by atoms with E-state index in [1.54, 1.807) is 0 Å². The first kappa shape index (κ1) is 20.0. The molecule has 7 N–H and O–H groups in total. The molecule has 0 bridgehead atoms. The zero-order chi connectivity index (χ0) is 22.2. The molecular weight excluding hydrogens is 420 g/mol. The van der Waals surface area contributed by atoms with Crippen molar-refractivity contribution in [3.8, 4) is 11.8 Å². The van der Waals surface area contributed by atoms with E-state index in [0.717, 1.165) is 0 Å². The highest BCUT2D eigenvalue weighted by Crippen LogP contribution is 2.32. The number of rotatable bonds is 4. The summed E-state index contributed by atoms with van der Waals surface area (Å²) in [4.78, 5) is 27.2.